The number of cyclic esters (lactones) is 2. The lowest BCUT2D eigenvalue weighted by molar-refractivity contribution is -0.164. The summed E-state index contributed by atoms with van der Waals surface area (Å²) in [7, 11) is 0. The average molecular weight is 330 g/mol. The molecule has 3 rings (SSSR count). The van der Waals surface area contributed by atoms with Gasteiger partial charge in [0.25, 0.3) is 0 Å². The van der Waals surface area contributed by atoms with Crippen LogP contribution in [0.4, 0.5) is 4.79 Å². The second kappa shape index (κ2) is 5.02. The van der Waals surface area contributed by atoms with Gasteiger partial charge in [-0.1, -0.05) is 0 Å². The minimum Gasteiger partial charge on any atom is -0.460 e. The molecule has 1 amide bonds. The Hall–Kier alpha value is -1.48. The number of esters is 1. The van der Waals surface area contributed by atoms with E-state index < -0.39 is 41.2 Å². The number of ether oxygens (including phenoxy) is 3. The van der Waals surface area contributed by atoms with Gasteiger partial charge >= 0.3 is 12.1 Å². The van der Waals surface area contributed by atoms with Crippen molar-refractivity contribution in [2.24, 2.45) is 5.73 Å². The van der Waals surface area contributed by atoms with E-state index in [0.29, 0.717) is 0 Å². The number of hydrogen-bond acceptors (Lipinski definition) is 8. The topological polar surface area (TPSA) is 108 Å². The van der Waals surface area contributed by atoms with Gasteiger partial charge in [-0.15, -0.1) is 11.8 Å². The second-order valence-corrected chi connectivity index (χ2v) is 7.92. The van der Waals surface area contributed by atoms with Crippen molar-refractivity contribution in [2.75, 3.05) is 6.61 Å². The molecule has 2 N–H and O–H groups in total. The first kappa shape index (κ1) is 15.4. The lowest BCUT2D eigenvalue weighted by Crippen LogP contribution is -2.68. The van der Waals surface area contributed by atoms with Gasteiger partial charge < -0.3 is 24.8 Å². The predicted octanol–water partition coefficient (Wildman–Crippen LogP) is -0.157. The first-order chi connectivity index (χ1) is 10.2. The highest BCUT2D eigenvalue weighted by Crippen LogP contribution is 2.50. The van der Waals surface area contributed by atoms with Crippen LogP contribution in [0.1, 0.15) is 20.8 Å². The fourth-order valence-electron chi connectivity index (χ4n) is 2.91. The third kappa shape index (κ3) is 2.23. The summed E-state index contributed by atoms with van der Waals surface area (Å²) in [6, 6.07) is -1.26. The summed E-state index contributed by atoms with van der Waals surface area (Å²) >= 11 is 1.49. The van der Waals surface area contributed by atoms with Crippen LogP contribution >= 0.6 is 11.8 Å². The van der Waals surface area contributed by atoms with Gasteiger partial charge in [0.05, 0.1) is 0 Å². The highest BCUT2D eigenvalue weighted by atomic mass is 32.2. The SMILES string of the molecule is CC1OC(=O)OC1COC(=O)[C@@H]1N2C(=O)[C@@H](N)[C@H]2SC1(C)C. The Bertz CT molecular complexity index is 539. The van der Waals surface area contributed by atoms with E-state index >= 15 is 0 Å². The molecule has 22 heavy (non-hydrogen) atoms. The van der Waals surface area contributed by atoms with Crippen LogP contribution in [0.2, 0.25) is 0 Å². The van der Waals surface area contributed by atoms with Crippen LogP contribution < -0.4 is 5.73 Å². The molecular formula is C13H18N2O6S. The molecule has 0 saturated carbocycles. The first-order valence-electron chi connectivity index (χ1n) is 7.02. The minimum absolute atomic E-state index is 0.0955. The van der Waals surface area contributed by atoms with Gasteiger partial charge in [-0.3, -0.25) is 4.79 Å². The van der Waals surface area contributed by atoms with E-state index in [9.17, 15) is 14.4 Å². The monoisotopic (exact) mass is 330 g/mol. The van der Waals surface area contributed by atoms with Crippen LogP contribution in [0.15, 0.2) is 0 Å². The van der Waals surface area contributed by atoms with Crippen LogP contribution in [0.25, 0.3) is 0 Å². The van der Waals surface area contributed by atoms with Crippen molar-refractivity contribution in [1.29, 1.82) is 0 Å². The molecule has 0 bridgehead atoms. The van der Waals surface area contributed by atoms with E-state index in [-0.39, 0.29) is 17.9 Å². The van der Waals surface area contributed by atoms with Crippen LogP contribution in [-0.2, 0) is 23.8 Å². The fourth-order valence-corrected chi connectivity index (χ4v) is 4.47. The maximum Gasteiger partial charge on any atom is 0.509 e. The molecule has 2 unspecified atom stereocenters. The van der Waals surface area contributed by atoms with Gasteiger partial charge in [0.15, 0.2) is 6.10 Å². The Morgan fingerprint density at radius 1 is 1.41 bits per heavy atom. The number of fused-ring (bicyclic) bond motifs is 1. The Labute approximate surface area is 131 Å². The fraction of sp³-hybridized carbons (Fsp3) is 0.769. The van der Waals surface area contributed by atoms with Crippen molar-refractivity contribution in [2.45, 2.75) is 55.2 Å². The minimum atomic E-state index is -0.769. The molecule has 0 aromatic carbocycles. The number of nitrogens with two attached hydrogens (primary N) is 1. The van der Waals surface area contributed by atoms with E-state index in [1.165, 1.54) is 16.7 Å². The molecule has 0 radical (unpaired) electrons. The van der Waals surface area contributed by atoms with Crippen LogP contribution in [0.5, 0.6) is 0 Å². The zero-order valence-corrected chi connectivity index (χ0v) is 13.3. The highest BCUT2D eigenvalue weighted by Gasteiger charge is 2.63. The van der Waals surface area contributed by atoms with Crippen molar-refractivity contribution in [3.63, 3.8) is 0 Å². The van der Waals surface area contributed by atoms with Gasteiger partial charge in [-0.25, -0.2) is 9.59 Å². The lowest BCUT2D eigenvalue weighted by atomic mass is 9.96. The van der Waals surface area contributed by atoms with Gasteiger partial charge in [-0.2, -0.15) is 0 Å². The molecule has 0 aliphatic carbocycles. The van der Waals surface area contributed by atoms with Crippen molar-refractivity contribution in [3.8, 4) is 0 Å². The van der Waals surface area contributed by atoms with E-state index in [1.54, 1.807) is 6.92 Å². The Kier molecular flexibility index (Phi) is 3.52. The Balaban J connectivity index is 1.64. The molecule has 122 valence electrons. The molecule has 0 aromatic heterocycles. The number of hydrogen-bond donors (Lipinski definition) is 1. The lowest BCUT2D eigenvalue weighted by Gasteiger charge is -2.41. The van der Waals surface area contributed by atoms with E-state index in [4.69, 9.17) is 19.9 Å². The summed E-state index contributed by atoms with van der Waals surface area (Å²) in [4.78, 5) is 36.8. The van der Waals surface area contributed by atoms with Crippen LogP contribution in [0.3, 0.4) is 0 Å². The number of thioether (sulfide) groups is 1. The van der Waals surface area contributed by atoms with Crippen molar-refractivity contribution in [3.05, 3.63) is 0 Å². The predicted molar refractivity (Wildman–Crippen MR) is 75.8 cm³/mol. The van der Waals surface area contributed by atoms with Crippen LogP contribution in [0, 0.1) is 0 Å². The van der Waals surface area contributed by atoms with E-state index in [2.05, 4.69) is 0 Å². The molecule has 5 atom stereocenters. The summed E-state index contributed by atoms with van der Waals surface area (Å²) < 4.78 is 14.5. The molecule has 3 heterocycles. The standard InChI is InChI=1S/C13H18N2O6S/c1-5-6(21-12(18)20-5)4-19-11(17)8-13(2,3)22-10-7(14)9(16)15(8)10/h5-8,10H,4,14H2,1-3H3/t5?,6?,7-,8+,10-/m1/s1. The Morgan fingerprint density at radius 2 is 2.09 bits per heavy atom. The molecule has 0 spiro atoms. The molecular weight excluding hydrogens is 312 g/mol. The summed E-state index contributed by atoms with van der Waals surface area (Å²) in [6.07, 6.45) is -1.87. The number of amides is 1. The van der Waals surface area contributed by atoms with E-state index in [1.807, 2.05) is 13.8 Å². The normalized spacial score (nSPS) is 38.9. The van der Waals surface area contributed by atoms with Crippen molar-refractivity contribution < 1.29 is 28.6 Å². The van der Waals surface area contributed by atoms with Crippen molar-refractivity contribution >= 4 is 29.8 Å². The number of nitrogens with zero attached hydrogens (tertiary/aromatic N) is 1. The zero-order chi connectivity index (χ0) is 16.2. The molecule has 9 heteroatoms. The highest BCUT2D eigenvalue weighted by molar-refractivity contribution is 8.01. The zero-order valence-electron chi connectivity index (χ0n) is 12.5. The average Bonchev–Trinajstić information content (AvgIpc) is 2.90. The molecule has 3 aliphatic rings. The third-order valence-corrected chi connectivity index (χ3v) is 5.74. The number of rotatable bonds is 3. The maximum atomic E-state index is 12.4. The third-order valence-electron chi connectivity index (χ3n) is 4.15. The van der Waals surface area contributed by atoms with Gasteiger partial charge in [0, 0.05) is 4.75 Å². The van der Waals surface area contributed by atoms with Crippen molar-refractivity contribution in [1.82, 2.24) is 4.90 Å². The largest absolute Gasteiger partial charge is 0.509 e. The van der Waals surface area contributed by atoms with Gasteiger partial charge in [0.2, 0.25) is 5.91 Å². The molecule has 3 fully saturated rings. The summed E-state index contributed by atoms with van der Waals surface area (Å²) in [6.45, 7) is 5.32. The van der Waals surface area contributed by atoms with E-state index in [0.717, 1.165) is 0 Å². The molecule has 0 aromatic rings. The second-order valence-electron chi connectivity index (χ2n) is 6.15. The summed E-state index contributed by atoms with van der Waals surface area (Å²) in [5, 5.41) is -0.188. The molecule has 3 aliphatic heterocycles. The number of carbonyl (C=O) groups is 3. The van der Waals surface area contributed by atoms with Crippen LogP contribution in [-0.4, -0.2) is 64.0 Å². The number of β-lactam (4-membered cyclic amide) rings is 1. The number of carbonyl (C=O) groups excluding carboxylic acids is 3. The molecule has 3 saturated heterocycles. The van der Waals surface area contributed by atoms with Gasteiger partial charge in [-0.05, 0) is 20.8 Å². The summed E-state index contributed by atoms with van der Waals surface area (Å²) in [5.41, 5.74) is 5.76. The molecule has 8 nitrogen and oxygen atoms in total. The smallest absolute Gasteiger partial charge is 0.460 e. The Morgan fingerprint density at radius 3 is 2.68 bits per heavy atom. The van der Waals surface area contributed by atoms with Gasteiger partial charge in [0.1, 0.15) is 30.2 Å². The first-order valence-corrected chi connectivity index (χ1v) is 7.90. The summed E-state index contributed by atoms with van der Waals surface area (Å²) in [5.74, 6) is -0.760. The quantitative estimate of drug-likeness (QED) is 0.562. The maximum absolute atomic E-state index is 12.4.